The number of nitrogens with zero attached hydrogens (tertiary/aromatic N) is 5. The molecule has 544 valence electrons. The number of aliphatic hydroxyl groups excluding tert-OH is 3. The van der Waals surface area contributed by atoms with E-state index in [-0.39, 0.29) is 144 Å². The lowest BCUT2D eigenvalue weighted by Gasteiger charge is -2.38. The zero-order valence-corrected chi connectivity index (χ0v) is 56.9. The van der Waals surface area contributed by atoms with Crippen molar-refractivity contribution in [2.75, 3.05) is 65.0 Å². The van der Waals surface area contributed by atoms with Gasteiger partial charge in [-0.05, 0) is 87.8 Å². The lowest BCUT2D eigenvalue weighted by atomic mass is 9.86. The largest absolute Gasteiger partial charge is 0.481 e. The summed E-state index contributed by atoms with van der Waals surface area (Å²) in [6, 6.07) is 9.65. The van der Waals surface area contributed by atoms with Crippen LogP contribution in [0.4, 0.5) is 10.5 Å². The van der Waals surface area contributed by atoms with Gasteiger partial charge in [-0.15, -0.1) is 0 Å². The number of pyridine rings is 2. The molecule has 2 fully saturated rings. The number of para-hydroxylation sites is 1. The Labute approximate surface area is 575 Å². The van der Waals surface area contributed by atoms with Gasteiger partial charge in [-0.2, -0.15) is 0 Å². The van der Waals surface area contributed by atoms with Crippen LogP contribution in [0.5, 0.6) is 5.75 Å². The van der Waals surface area contributed by atoms with E-state index in [9.17, 15) is 78.3 Å². The first-order chi connectivity index (χ1) is 47.6. The molecule has 0 unspecified atom stereocenters. The fourth-order valence-corrected chi connectivity index (χ4v) is 12.4. The van der Waals surface area contributed by atoms with Crippen molar-refractivity contribution in [1.82, 2.24) is 40.2 Å². The summed E-state index contributed by atoms with van der Waals surface area (Å²) in [5, 5.41) is 73.4. The highest BCUT2D eigenvalue weighted by Gasteiger charge is 2.49. The highest BCUT2D eigenvalue weighted by molar-refractivity contribution is 5.99. The number of amides is 7. The van der Waals surface area contributed by atoms with Crippen LogP contribution in [0.2, 0.25) is 0 Å². The van der Waals surface area contributed by atoms with Crippen LogP contribution >= 0.6 is 0 Å². The third-order valence-corrected chi connectivity index (χ3v) is 18.2. The van der Waals surface area contributed by atoms with Crippen LogP contribution in [0.3, 0.4) is 0 Å². The summed E-state index contributed by atoms with van der Waals surface area (Å²) in [5.41, 5.74) is 0.875. The van der Waals surface area contributed by atoms with E-state index in [2.05, 4.69) is 21.3 Å². The molecule has 4 aliphatic rings. The lowest BCUT2D eigenvalue weighted by Crippen LogP contribution is -2.61. The molecular formula is C68H89N9O23. The van der Waals surface area contributed by atoms with Crippen LogP contribution in [-0.2, 0) is 98.6 Å². The van der Waals surface area contributed by atoms with Gasteiger partial charge in [0.1, 0.15) is 49.4 Å². The first-order valence-corrected chi connectivity index (χ1v) is 33.4. The SMILES string of the molecule is CC[C@@]1(O)C(=O)OCc2c1cc1n(c2=O)Cc2c-1nc1ccccc1c2CCN(C(=O)OCc1ccc(NC(=O)[C@H](C)NC(=O)[C@@H](NC(=O)CCC(=O)N(CCOCCOCCC(=O)O)C2CCN(C(=O)CCC(=O)NC)CC2)C(C)C)c(O[C@@H]2O[C@H](C(=O)O)[C@@H](O)[C@H](O)[C@H]2O)c1)C(C)C. The number of aromatic nitrogens is 2. The number of carbonyl (C=O) groups excluding carboxylic acids is 8. The Morgan fingerprint density at radius 3 is 2.16 bits per heavy atom. The summed E-state index contributed by atoms with van der Waals surface area (Å²) in [6.07, 6.45) is -10.8. The highest BCUT2D eigenvalue weighted by Crippen LogP contribution is 2.41. The normalized spacial score (nSPS) is 20.1. The molecule has 32 nitrogen and oxygen atoms in total. The third kappa shape index (κ3) is 18.2. The van der Waals surface area contributed by atoms with Crippen LogP contribution in [-0.4, -0.2) is 229 Å². The van der Waals surface area contributed by atoms with Gasteiger partial charge in [0.25, 0.3) is 5.56 Å². The number of anilines is 1. The number of benzene rings is 2. The second kappa shape index (κ2) is 34.3. The van der Waals surface area contributed by atoms with Crippen LogP contribution in [0.15, 0.2) is 53.3 Å². The summed E-state index contributed by atoms with van der Waals surface area (Å²) in [7, 11) is 1.48. The molecule has 32 heteroatoms. The number of carboxylic acid groups (broad SMARTS) is 2. The van der Waals surface area contributed by atoms with Crippen molar-refractivity contribution in [3.8, 4) is 17.1 Å². The predicted octanol–water partition coefficient (Wildman–Crippen LogP) is 1.16. The predicted molar refractivity (Wildman–Crippen MR) is 352 cm³/mol. The van der Waals surface area contributed by atoms with Crippen LogP contribution in [0.25, 0.3) is 22.3 Å². The van der Waals surface area contributed by atoms with Crippen LogP contribution in [0.1, 0.15) is 121 Å². The molecule has 2 saturated heterocycles. The van der Waals surface area contributed by atoms with E-state index in [1.54, 1.807) is 50.5 Å². The number of carboxylic acids is 2. The average molecular weight is 1400 g/mol. The number of nitrogens with one attached hydrogen (secondary N) is 4. The zero-order chi connectivity index (χ0) is 72.9. The number of aliphatic carboxylic acids is 2. The lowest BCUT2D eigenvalue weighted by molar-refractivity contribution is -0.271. The van der Waals surface area contributed by atoms with Gasteiger partial charge in [0.05, 0.1) is 67.5 Å². The van der Waals surface area contributed by atoms with Crippen molar-refractivity contribution < 1.29 is 107 Å². The molecule has 8 atom stereocenters. The highest BCUT2D eigenvalue weighted by atomic mass is 16.7. The Morgan fingerprint density at radius 1 is 0.790 bits per heavy atom. The Balaban J connectivity index is 0.923. The van der Waals surface area contributed by atoms with E-state index in [0.29, 0.717) is 48.4 Å². The van der Waals surface area contributed by atoms with Gasteiger partial charge in [0.15, 0.2) is 11.7 Å². The topological polar surface area (TPSA) is 440 Å². The molecule has 8 rings (SSSR count). The molecule has 7 amide bonds. The number of ether oxygens (including phenoxy) is 6. The average Bonchev–Trinajstić information content (AvgIpc) is 1.51. The summed E-state index contributed by atoms with van der Waals surface area (Å²) in [4.78, 5) is 154. The number of likely N-dealkylation sites (tertiary alicyclic amines) is 1. The number of piperidine rings is 1. The van der Waals surface area contributed by atoms with Gasteiger partial charge in [0, 0.05) is 87.5 Å². The number of aliphatic hydroxyl groups is 4. The van der Waals surface area contributed by atoms with Gasteiger partial charge in [-0.1, -0.05) is 45.0 Å². The number of hydrogen-bond acceptors (Lipinski definition) is 22. The smallest absolute Gasteiger partial charge is 0.410 e. The number of rotatable bonds is 32. The minimum Gasteiger partial charge on any atom is -0.481 e. The van der Waals surface area contributed by atoms with Crippen molar-refractivity contribution in [2.24, 2.45) is 5.92 Å². The quantitative estimate of drug-likeness (QED) is 0.0213. The fourth-order valence-electron chi connectivity index (χ4n) is 12.4. The van der Waals surface area contributed by atoms with Crippen molar-refractivity contribution in [1.29, 1.82) is 0 Å². The second-order valence-electron chi connectivity index (χ2n) is 25.6. The fraction of sp³-hybridized carbons (Fsp3) is 0.559. The van der Waals surface area contributed by atoms with Crippen LogP contribution < -0.4 is 31.6 Å². The molecule has 2 aromatic carbocycles. The molecular weight excluding hydrogens is 1310 g/mol. The van der Waals surface area contributed by atoms with E-state index in [1.807, 2.05) is 24.3 Å². The summed E-state index contributed by atoms with van der Waals surface area (Å²) in [5.74, 6) is -7.64. The summed E-state index contributed by atoms with van der Waals surface area (Å²) in [6.45, 7) is 10.3. The van der Waals surface area contributed by atoms with E-state index >= 15 is 0 Å². The van der Waals surface area contributed by atoms with E-state index in [4.69, 9.17) is 38.5 Å². The Kier molecular flexibility index (Phi) is 26.2. The molecule has 0 saturated carbocycles. The minimum absolute atomic E-state index is 0.00712. The zero-order valence-electron chi connectivity index (χ0n) is 56.9. The van der Waals surface area contributed by atoms with E-state index in [0.717, 1.165) is 10.9 Å². The monoisotopic (exact) mass is 1400 g/mol. The summed E-state index contributed by atoms with van der Waals surface area (Å²) >= 11 is 0. The van der Waals surface area contributed by atoms with Crippen molar-refractivity contribution in [3.05, 3.63) is 86.7 Å². The Hall–Kier alpha value is -9.18. The van der Waals surface area contributed by atoms with Crippen molar-refractivity contribution in [2.45, 2.75) is 180 Å². The molecule has 10 N–H and O–H groups in total. The number of cyclic esters (lactones) is 1. The number of carbonyl (C=O) groups is 10. The Bertz CT molecular complexity index is 3760. The second-order valence-corrected chi connectivity index (χ2v) is 25.6. The van der Waals surface area contributed by atoms with Crippen molar-refractivity contribution in [3.63, 3.8) is 0 Å². The van der Waals surface area contributed by atoms with Gasteiger partial charge in [-0.25, -0.2) is 19.4 Å². The molecule has 4 aromatic rings. The number of esters is 1. The van der Waals surface area contributed by atoms with Gasteiger partial charge < -0.3 is 99.6 Å². The maximum Gasteiger partial charge on any atom is 0.410 e. The molecule has 0 radical (unpaired) electrons. The van der Waals surface area contributed by atoms with E-state index < -0.39 is 120 Å². The molecule has 2 aromatic heterocycles. The number of hydrogen-bond donors (Lipinski definition) is 10. The molecule has 0 bridgehead atoms. The third-order valence-electron chi connectivity index (χ3n) is 18.2. The summed E-state index contributed by atoms with van der Waals surface area (Å²) < 4.78 is 35.0. The van der Waals surface area contributed by atoms with E-state index in [1.165, 1.54) is 41.6 Å². The Morgan fingerprint density at radius 2 is 1.49 bits per heavy atom. The van der Waals surface area contributed by atoms with Crippen LogP contribution in [0, 0.1) is 5.92 Å². The minimum atomic E-state index is -2.09. The number of fused-ring (bicyclic) bond motifs is 5. The maximum atomic E-state index is 14.2. The molecule has 4 aliphatic heterocycles. The molecule has 6 heterocycles. The first-order valence-electron chi connectivity index (χ1n) is 33.4. The van der Waals surface area contributed by atoms with Gasteiger partial charge in [-0.3, -0.25) is 38.4 Å². The maximum absolute atomic E-state index is 14.2. The van der Waals surface area contributed by atoms with Gasteiger partial charge in [0.2, 0.25) is 41.7 Å². The van der Waals surface area contributed by atoms with Crippen molar-refractivity contribution >= 4 is 76.0 Å². The first kappa shape index (κ1) is 76.6. The van der Waals surface area contributed by atoms with Gasteiger partial charge >= 0.3 is 24.0 Å². The standard InChI is InChI=1S/C68H89N9O23/c1-8-68(94)45-32-48-56-43(33-77(48)63(89)44(45)35-97-66(68)92)41(42-11-9-10-12-46(42)71-56)21-25-75(37(4)5)67(93)98-34-39-13-14-47(49(31-39)99-65-59(86)57(84)58(85)60(100-65)64(90)91)72-61(87)38(6)70-62(88)55(36(2)3)73-51(79)16-18-53(81)76(26-28-96-30-29-95-27-22-54(82)83)40-19-23-74(24-20-40)52(80)17-15-50(78)69-7/h9-14,31-32,36-38,40,55,57-60,65,84-86,94H,8,15-30,33-35H2,1-7H3,(H,69,78)(H,70,88)(H,72,87)(H,73,79)(H,82,83)(H,90,91)/t38-,55-,57-,58-,59+,60-,65+,68-/m0/s1. The molecule has 0 aliphatic carbocycles. The molecule has 100 heavy (non-hydrogen) atoms. The molecule has 0 spiro atoms.